The van der Waals surface area contributed by atoms with Crippen LogP contribution in [0.5, 0.6) is 0 Å². The van der Waals surface area contributed by atoms with Crippen molar-refractivity contribution in [2.45, 2.75) is 26.4 Å². The number of hydrogen-bond donors (Lipinski definition) is 2. The number of halogens is 1. The molecule has 2 aromatic carbocycles. The number of anilines is 1. The molecule has 142 valence electrons. The summed E-state index contributed by atoms with van der Waals surface area (Å²) in [6.45, 7) is 6.36. The molecule has 0 unspecified atom stereocenters. The molecule has 2 N–H and O–H groups in total. The Morgan fingerprint density at radius 3 is 2.44 bits per heavy atom. The van der Waals surface area contributed by atoms with Crippen LogP contribution in [0.2, 0.25) is 5.02 Å². The van der Waals surface area contributed by atoms with E-state index in [0.717, 1.165) is 23.9 Å². The Labute approximate surface area is 164 Å². The molecule has 0 radical (unpaired) electrons. The number of aromatic carboxylic acids is 1. The summed E-state index contributed by atoms with van der Waals surface area (Å²) in [5.41, 5.74) is 2.20. The first-order valence-electron chi connectivity index (χ1n) is 8.80. The highest BCUT2D eigenvalue weighted by molar-refractivity contribution is 6.30. The molecule has 1 aliphatic heterocycles. The topological polar surface area (TPSA) is 68.2 Å². The molecule has 0 fully saturated rings. The molecule has 0 amide bonds. The quantitative estimate of drug-likeness (QED) is 0.814. The second-order valence-electron chi connectivity index (χ2n) is 6.78. The van der Waals surface area contributed by atoms with E-state index in [9.17, 15) is 4.79 Å². The molecule has 2 aromatic rings. The molecule has 0 spiro atoms. The van der Waals surface area contributed by atoms with Crippen LogP contribution in [0.4, 0.5) is 5.69 Å². The second kappa shape index (κ2) is 8.41. The molecular weight excluding hydrogens is 364 g/mol. The number of rotatable bonds is 5. The van der Waals surface area contributed by atoms with Crippen molar-refractivity contribution in [2.75, 3.05) is 18.7 Å². The molecule has 1 aliphatic rings. The van der Waals surface area contributed by atoms with Crippen molar-refractivity contribution in [1.82, 2.24) is 9.80 Å². The minimum atomic E-state index is -0.937. The van der Waals surface area contributed by atoms with Gasteiger partial charge >= 0.3 is 5.97 Å². The molecule has 0 bridgehead atoms. The van der Waals surface area contributed by atoms with E-state index in [4.69, 9.17) is 21.7 Å². The van der Waals surface area contributed by atoms with Crippen LogP contribution >= 0.6 is 11.6 Å². The van der Waals surface area contributed by atoms with E-state index in [0.29, 0.717) is 24.3 Å². The Kier molecular flexibility index (Phi) is 5.98. The molecule has 1 heterocycles. The molecule has 3 rings (SSSR count). The van der Waals surface area contributed by atoms with E-state index < -0.39 is 5.97 Å². The summed E-state index contributed by atoms with van der Waals surface area (Å²) in [6, 6.07) is 14.8. The summed E-state index contributed by atoms with van der Waals surface area (Å²) in [5, 5.41) is 13.1. The van der Waals surface area contributed by atoms with Crippen LogP contribution < -0.4 is 5.32 Å². The second-order valence-corrected chi connectivity index (χ2v) is 7.22. The lowest BCUT2D eigenvalue weighted by Crippen LogP contribution is -2.50. The SMILES string of the molecule is CC(C)N1CN=C(Nc2ccc(C(=O)O)cc2)N(Cc2ccc(Cl)cc2)C1. The summed E-state index contributed by atoms with van der Waals surface area (Å²) in [7, 11) is 0. The van der Waals surface area contributed by atoms with Gasteiger partial charge in [-0.3, -0.25) is 4.90 Å². The number of nitrogens with one attached hydrogen (secondary N) is 1. The number of carbonyl (C=O) groups is 1. The van der Waals surface area contributed by atoms with E-state index in [2.05, 4.69) is 29.0 Å². The number of guanidine groups is 1. The monoisotopic (exact) mass is 386 g/mol. The largest absolute Gasteiger partial charge is 0.478 e. The van der Waals surface area contributed by atoms with Crippen LogP contribution in [0, 0.1) is 0 Å². The first-order valence-corrected chi connectivity index (χ1v) is 9.18. The summed E-state index contributed by atoms with van der Waals surface area (Å²) < 4.78 is 0. The lowest BCUT2D eigenvalue weighted by atomic mass is 10.2. The van der Waals surface area contributed by atoms with Gasteiger partial charge in [-0.1, -0.05) is 23.7 Å². The van der Waals surface area contributed by atoms with Gasteiger partial charge in [0.15, 0.2) is 0 Å². The van der Waals surface area contributed by atoms with Gasteiger partial charge in [-0.2, -0.15) is 0 Å². The van der Waals surface area contributed by atoms with E-state index in [1.165, 1.54) is 0 Å². The Balaban J connectivity index is 1.78. The predicted octanol–water partition coefficient (Wildman–Crippen LogP) is 3.95. The maximum atomic E-state index is 11.0. The minimum Gasteiger partial charge on any atom is -0.478 e. The van der Waals surface area contributed by atoms with Gasteiger partial charge in [0.1, 0.15) is 0 Å². The highest BCUT2D eigenvalue weighted by atomic mass is 35.5. The fraction of sp³-hybridized carbons (Fsp3) is 0.300. The van der Waals surface area contributed by atoms with Crippen molar-refractivity contribution in [3.05, 3.63) is 64.7 Å². The van der Waals surface area contributed by atoms with E-state index in [1.807, 2.05) is 24.3 Å². The van der Waals surface area contributed by atoms with E-state index >= 15 is 0 Å². The average molecular weight is 387 g/mol. The van der Waals surface area contributed by atoms with Gasteiger partial charge in [0.25, 0.3) is 0 Å². The van der Waals surface area contributed by atoms with Crippen LogP contribution in [0.3, 0.4) is 0 Å². The van der Waals surface area contributed by atoms with Gasteiger partial charge in [-0.25, -0.2) is 9.79 Å². The molecule has 0 aromatic heterocycles. The fourth-order valence-corrected chi connectivity index (χ4v) is 2.92. The summed E-state index contributed by atoms with van der Waals surface area (Å²) in [4.78, 5) is 20.1. The zero-order chi connectivity index (χ0) is 19.4. The van der Waals surface area contributed by atoms with Crippen molar-refractivity contribution in [2.24, 2.45) is 4.99 Å². The fourth-order valence-electron chi connectivity index (χ4n) is 2.79. The molecule has 7 heteroatoms. The first-order chi connectivity index (χ1) is 12.9. The van der Waals surface area contributed by atoms with Crippen LogP contribution in [0.1, 0.15) is 29.8 Å². The first kappa shape index (κ1) is 19.2. The summed E-state index contributed by atoms with van der Waals surface area (Å²) in [6.07, 6.45) is 0. The Hall–Kier alpha value is -2.57. The van der Waals surface area contributed by atoms with Crippen molar-refractivity contribution in [1.29, 1.82) is 0 Å². The van der Waals surface area contributed by atoms with Gasteiger partial charge in [0.2, 0.25) is 5.96 Å². The van der Waals surface area contributed by atoms with Crippen LogP contribution in [0.15, 0.2) is 53.5 Å². The number of aliphatic imine (C=N–C) groups is 1. The lowest BCUT2D eigenvalue weighted by Gasteiger charge is -2.38. The number of carboxylic acid groups (broad SMARTS) is 1. The van der Waals surface area contributed by atoms with Gasteiger partial charge < -0.3 is 15.3 Å². The van der Waals surface area contributed by atoms with Gasteiger partial charge in [-0.05, 0) is 55.8 Å². The summed E-state index contributed by atoms with van der Waals surface area (Å²) >= 11 is 5.99. The Morgan fingerprint density at radius 2 is 1.85 bits per heavy atom. The smallest absolute Gasteiger partial charge is 0.335 e. The zero-order valence-corrected chi connectivity index (χ0v) is 16.1. The minimum absolute atomic E-state index is 0.259. The van der Waals surface area contributed by atoms with Gasteiger partial charge in [0, 0.05) is 23.3 Å². The van der Waals surface area contributed by atoms with Crippen molar-refractivity contribution < 1.29 is 9.90 Å². The molecule has 0 atom stereocenters. The van der Waals surface area contributed by atoms with E-state index in [1.54, 1.807) is 24.3 Å². The van der Waals surface area contributed by atoms with E-state index in [-0.39, 0.29) is 5.56 Å². The maximum absolute atomic E-state index is 11.0. The highest BCUT2D eigenvalue weighted by Crippen LogP contribution is 2.17. The van der Waals surface area contributed by atoms with Crippen molar-refractivity contribution >= 4 is 29.2 Å². The number of nitrogens with zero attached hydrogens (tertiary/aromatic N) is 3. The Bertz CT molecular complexity index is 819. The predicted molar refractivity (Wildman–Crippen MR) is 108 cm³/mol. The number of hydrogen-bond acceptors (Lipinski definition) is 5. The standard InChI is InChI=1S/C20H23ClN4O2/c1-14(2)25-12-22-20(23-18-9-5-16(6-10-18)19(26)27)24(13-25)11-15-3-7-17(21)8-4-15/h3-10,14H,11-13H2,1-2H3,(H,22,23)(H,26,27). The van der Waals surface area contributed by atoms with Crippen molar-refractivity contribution in [3.63, 3.8) is 0 Å². The third-order valence-corrected chi connectivity index (χ3v) is 4.71. The molecule has 0 saturated heterocycles. The number of carboxylic acids is 1. The molecule has 0 aliphatic carbocycles. The average Bonchev–Trinajstić information content (AvgIpc) is 2.65. The van der Waals surface area contributed by atoms with Crippen molar-refractivity contribution in [3.8, 4) is 0 Å². The highest BCUT2D eigenvalue weighted by Gasteiger charge is 2.22. The van der Waals surface area contributed by atoms with Crippen LogP contribution in [0.25, 0.3) is 0 Å². The third-order valence-electron chi connectivity index (χ3n) is 4.46. The normalized spacial score (nSPS) is 15.0. The summed E-state index contributed by atoms with van der Waals surface area (Å²) in [5.74, 6) is -0.168. The Morgan fingerprint density at radius 1 is 1.19 bits per heavy atom. The lowest BCUT2D eigenvalue weighted by molar-refractivity contribution is 0.0697. The maximum Gasteiger partial charge on any atom is 0.335 e. The van der Waals surface area contributed by atoms with Gasteiger partial charge in [0.05, 0.1) is 18.9 Å². The van der Waals surface area contributed by atoms with Crippen LogP contribution in [-0.2, 0) is 6.54 Å². The number of benzene rings is 2. The third kappa shape index (κ3) is 4.99. The molecule has 6 nitrogen and oxygen atoms in total. The van der Waals surface area contributed by atoms with Gasteiger partial charge in [-0.15, -0.1) is 0 Å². The molecule has 27 heavy (non-hydrogen) atoms. The molecular formula is C20H23ClN4O2. The zero-order valence-electron chi connectivity index (χ0n) is 15.4. The van der Waals surface area contributed by atoms with Crippen LogP contribution in [-0.4, -0.2) is 46.2 Å². The molecule has 0 saturated carbocycles.